The van der Waals surface area contributed by atoms with Gasteiger partial charge >= 0.3 is 0 Å². The van der Waals surface area contributed by atoms with Crippen LogP contribution < -0.4 is 5.32 Å². The summed E-state index contributed by atoms with van der Waals surface area (Å²) in [6.07, 6.45) is 1.22. The fourth-order valence-electron chi connectivity index (χ4n) is 2.52. The van der Waals surface area contributed by atoms with Crippen LogP contribution in [0.5, 0.6) is 0 Å². The molecule has 1 atom stereocenters. The minimum Gasteiger partial charge on any atom is -0.308 e. The van der Waals surface area contributed by atoms with Crippen molar-refractivity contribution in [2.75, 3.05) is 20.6 Å². The molecule has 0 saturated heterocycles. The van der Waals surface area contributed by atoms with Crippen LogP contribution in [-0.4, -0.2) is 31.6 Å². The molecule has 0 radical (unpaired) electrons. The van der Waals surface area contributed by atoms with Crippen molar-refractivity contribution in [3.8, 4) is 10.4 Å². The highest BCUT2D eigenvalue weighted by molar-refractivity contribution is 7.14. The standard InChI is InChI=1S/C17H26N2S2/c1-13(2)8-15(11-19(3)4)18-10-16-9-14(12-21-16)17-6-5-7-20-17/h5-7,9,12-13,15,18H,8,10-11H2,1-4H3. The van der Waals surface area contributed by atoms with Crippen LogP contribution in [0.1, 0.15) is 25.1 Å². The third kappa shape index (κ3) is 5.55. The molecule has 0 fully saturated rings. The summed E-state index contributed by atoms with van der Waals surface area (Å²) in [6.45, 7) is 6.66. The largest absolute Gasteiger partial charge is 0.308 e. The fraction of sp³-hybridized carbons (Fsp3) is 0.529. The van der Waals surface area contributed by atoms with Gasteiger partial charge in [0.05, 0.1) is 0 Å². The van der Waals surface area contributed by atoms with E-state index in [9.17, 15) is 0 Å². The van der Waals surface area contributed by atoms with E-state index in [0.717, 1.165) is 19.0 Å². The van der Waals surface area contributed by atoms with Gasteiger partial charge in [-0.15, -0.1) is 22.7 Å². The van der Waals surface area contributed by atoms with Crippen LogP contribution in [0.25, 0.3) is 10.4 Å². The zero-order chi connectivity index (χ0) is 15.2. The number of rotatable bonds is 8. The molecule has 116 valence electrons. The highest BCUT2D eigenvalue weighted by Gasteiger charge is 2.12. The van der Waals surface area contributed by atoms with Crippen LogP contribution >= 0.6 is 22.7 Å². The van der Waals surface area contributed by atoms with Gasteiger partial charge in [0, 0.05) is 34.4 Å². The number of likely N-dealkylation sites (N-methyl/N-ethyl adjacent to an activating group) is 1. The summed E-state index contributed by atoms with van der Waals surface area (Å²) in [6, 6.07) is 7.20. The molecule has 2 heterocycles. The molecule has 0 spiro atoms. The van der Waals surface area contributed by atoms with Crippen molar-refractivity contribution in [3.05, 3.63) is 33.8 Å². The van der Waals surface area contributed by atoms with Crippen molar-refractivity contribution in [1.82, 2.24) is 10.2 Å². The minimum atomic E-state index is 0.562. The van der Waals surface area contributed by atoms with Crippen molar-refractivity contribution in [3.63, 3.8) is 0 Å². The summed E-state index contributed by atoms with van der Waals surface area (Å²) in [5.41, 5.74) is 1.36. The Morgan fingerprint density at radius 3 is 2.67 bits per heavy atom. The molecule has 0 amide bonds. The van der Waals surface area contributed by atoms with E-state index in [1.54, 1.807) is 0 Å². The zero-order valence-corrected chi connectivity index (χ0v) is 15.1. The van der Waals surface area contributed by atoms with Crippen molar-refractivity contribution < 1.29 is 0 Å². The lowest BCUT2D eigenvalue weighted by Crippen LogP contribution is -2.38. The molecule has 21 heavy (non-hydrogen) atoms. The molecule has 0 saturated carbocycles. The first-order valence-electron chi connectivity index (χ1n) is 7.54. The highest BCUT2D eigenvalue weighted by Crippen LogP contribution is 2.29. The van der Waals surface area contributed by atoms with E-state index >= 15 is 0 Å². The van der Waals surface area contributed by atoms with E-state index in [-0.39, 0.29) is 0 Å². The summed E-state index contributed by atoms with van der Waals surface area (Å²) in [5, 5.41) is 8.14. The van der Waals surface area contributed by atoms with Gasteiger partial charge < -0.3 is 10.2 Å². The van der Waals surface area contributed by atoms with Gasteiger partial charge in [-0.3, -0.25) is 0 Å². The number of hydrogen-bond acceptors (Lipinski definition) is 4. The Labute approximate surface area is 136 Å². The molecule has 0 bridgehead atoms. The molecule has 0 aliphatic heterocycles. The Morgan fingerprint density at radius 1 is 1.24 bits per heavy atom. The molecule has 2 rings (SSSR count). The second-order valence-electron chi connectivity index (χ2n) is 6.25. The van der Waals surface area contributed by atoms with E-state index < -0.39 is 0 Å². The molecule has 4 heteroatoms. The molecule has 0 aliphatic carbocycles. The maximum absolute atomic E-state index is 3.73. The maximum atomic E-state index is 3.73. The third-order valence-corrected chi connectivity index (χ3v) is 5.22. The van der Waals surface area contributed by atoms with E-state index in [4.69, 9.17) is 0 Å². The van der Waals surface area contributed by atoms with Crippen LogP contribution in [0.2, 0.25) is 0 Å². The van der Waals surface area contributed by atoms with Gasteiger partial charge in [0.15, 0.2) is 0 Å². The van der Waals surface area contributed by atoms with Crippen LogP contribution in [0.15, 0.2) is 29.0 Å². The Morgan fingerprint density at radius 2 is 2.05 bits per heavy atom. The first-order chi connectivity index (χ1) is 10.0. The lowest BCUT2D eigenvalue weighted by atomic mass is 10.0. The normalized spacial score (nSPS) is 13.2. The highest BCUT2D eigenvalue weighted by atomic mass is 32.1. The summed E-state index contributed by atoms with van der Waals surface area (Å²) in [7, 11) is 4.30. The van der Waals surface area contributed by atoms with Gasteiger partial charge in [-0.05, 0) is 49.3 Å². The number of nitrogens with zero attached hydrogens (tertiary/aromatic N) is 1. The first-order valence-corrected chi connectivity index (χ1v) is 9.30. The van der Waals surface area contributed by atoms with Crippen molar-refractivity contribution in [2.45, 2.75) is 32.9 Å². The summed E-state index contributed by atoms with van der Waals surface area (Å²) in [5.74, 6) is 0.729. The number of hydrogen-bond donors (Lipinski definition) is 1. The maximum Gasteiger partial charge on any atom is 0.0351 e. The smallest absolute Gasteiger partial charge is 0.0351 e. The second-order valence-corrected chi connectivity index (χ2v) is 8.19. The molecule has 1 N–H and O–H groups in total. The summed E-state index contributed by atoms with van der Waals surface area (Å²) >= 11 is 3.67. The number of nitrogens with one attached hydrogen (secondary N) is 1. The average molecular weight is 323 g/mol. The van der Waals surface area contributed by atoms with Crippen molar-refractivity contribution >= 4 is 22.7 Å². The van der Waals surface area contributed by atoms with Crippen molar-refractivity contribution in [2.24, 2.45) is 5.92 Å². The quantitative estimate of drug-likeness (QED) is 0.767. The second kappa shape index (κ2) is 8.08. The molecular weight excluding hydrogens is 296 g/mol. The van der Waals surface area contributed by atoms with Crippen LogP contribution in [-0.2, 0) is 6.54 Å². The van der Waals surface area contributed by atoms with Gasteiger partial charge in [-0.25, -0.2) is 0 Å². The molecule has 2 aromatic heterocycles. The lowest BCUT2D eigenvalue weighted by Gasteiger charge is -2.23. The third-order valence-electron chi connectivity index (χ3n) is 3.37. The molecule has 0 aliphatic rings. The van der Waals surface area contributed by atoms with Crippen LogP contribution in [0, 0.1) is 5.92 Å². The van der Waals surface area contributed by atoms with Gasteiger partial charge in [0.1, 0.15) is 0 Å². The number of thiophene rings is 2. The Bertz CT molecular complexity index is 505. The Hall–Kier alpha value is -0.680. The van der Waals surface area contributed by atoms with E-state index in [2.05, 4.69) is 67.1 Å². The predicted molar refractivity (Wildman–Crippen MR) is 96.3 cm³/mol. The minimum absolute atomic E-state index is 0.562. The lowest BCUT2D eigenvalue weighted by molar-refractivity contribution is 0.305. The summed E-state index contributed by atoms with van der Waals surface area (Å²) < 4.78 is 0. The van der Waals surface area contributed by atoms with E-state index in [1.165, 1.54) is 21.7 Å². The Kier molecular flexibility index (Phi) is 6.42. The molecule has 0 aromatic carbocycles. The summed E-state index contributed by atoms with van der Waals surface area (Å²) in [4.78, 5) is 5.06. The van der Waals surface area contributed by atoms with Gasteiger partial charge in [-0.1, -0.05) is 19.9 Å². The van der Waals surface area contributed by atoms with E-state index in [0.29, 0.717) is 6.04 Å². The topological polar surface area (TPSA) is 15.3 Å². The van der Waals surface area contributed by atoms with Gasteiger partial charge in [0.2, 0.25) is 0 Å². The SMILES string of the molecule is CC(C)CC(CN(C)C)NCc1cc(-c2cccs2)cs1. The predicted octanol–water partition coefficient (Wildman–Crippen LogP) is 4.54. The Balaban J connectivity index is 1.91. The first kappa shape index (κ1) is 16.7. The molecule has 1 unspecified atom stereocenters. The molecule has 2 aromatic rings. The fourth-order valence-corrected chi connectivity index (χ4v) is 4.15. The van der Waals surface area contributed by atoms with E-state index in [1.807, 2.05) is 22.7 Å². The van der Waals surface area contributed by atoms with Crippen LogP contribution in [0.3, 0.4) is 0 Å². The average Bonchev–Trinajstić information content (AvgIpc) is 3.05. The molecular formula is C17H26N2S2. The van der Waals surface area contributed by atoms with Gasteiger partial charge in [-0.2, -0.15) is 0 Å². The van der Waals surface area contributed by atoms with Crippen LogP contribution in [0.4, 0.5) is 0 Å². The van der Waals surface area contributed by atoms with Gasteiger partial charge in [0.25, 0.3) is 0 Å². The van der Waals surface area contributed by atoms with Crippen molar-refractivity contribution in [1.29, 1.82) is 0 Å². The molecule has 2 nitrogen and oxygen atoms in total. The monoisotopic (exact) mass is 322 g/mol. The zero-order valence-electron chi connectivity index (χ0n) is 13.4.